The van der Waals surface area contributed by atoms with Gasteiger partial charge in [0.2, 0.25) is 0 Å². The van der Waals surface area contributed by atoms with Crippen molar-refractivity contribution in [2.75, 3.05) is 0 Å². The zero-order chi connectivity index (χ0) is 17.0. The van der Waals surface area contributed by atoms with Crippen LogP contribution in [0.15, 0.2) is 42.5 Å². The number of hydrogen-bond acceptors (Lipinski definition) is 4. The van der Waals surface area contributed by atoms with Crippen LogP contribution in [-0.4, -0.2) is 16.7 Å². The summed E-state index contributed by atoms with van der Waals surface area (Å²) in [6.07, 6.45) is 0. The molecule has 0 atom stereocenters. The maximum absolute atomic E-state index is 12.8. The topological polar surface area (TPSA) is 101 Å². The zero-order valence-corrected chi connectivity index (χ0v) is 12.1. The van der Waals surface area contributed by atoms with E-state index in [2.05, 4.69) is 10.9 Å². The number of carbonyl (C=O) groups excluding carboxylic acids is 2. The first-order chi connectivity index (χ1) is 10.9. The first kappa shape index (κ1) is 16.4. The number of non-ortho nitro benzene ring substituents is 1. The quantitative estimate of drug-likeness (QED) is 0.663. The predicted octanol–water partition coefficient (Wildman–Crippen LogP) is 2.46. The summed E-state index contributed by atoms with van der Waals surface area (Å²) in [5.41, 5.74) is 4.08. The van der Waals surface area contributed by atoms with Crippen molar-refractivity contribution in [3.8, 4) is 0 Å². The van der Waals surface area contributed by atoms with Crippen molar-refractivity contribution in [1.29, 1.82) is 0 Å². The van der Waals surface area contributed by atoms with Crippen molar-refractivity contribution >= 4 is 29.1 Å². The SMILES string of the molecule is O=C(NNC(=O)c1ccc([N+](=O)[O-])cc1Cl)c1ccc(F)cc1. The molecule has 0 saturated carbocycles. The largest absolute Gasteiger partial charge is 0.271 e. The van der Waals surface area contributed by atoms with Crippen LogP contribution in [0.3, 0.4) is 0 Å². The molecule has 2 aromatic carbocycles. The van der Waals surface area contributed by atoms with Crippen molar-refractivity contribution in [2.24, 2.45) is 0 Å². The van der Waals surface area contributed by atoms with Gasteiger partial charge in [0.25, 0.3) is 17.5 Å². The first-order valence-corrected chi connectivity index (χ1v) is 6.56. The molecule has 0 aliphatic carbocycles. The Balaban J connectivity index is 2.03. The summed E-state index contributed by atoms with van der Waals surface area (Å²) in [5.74, 6) is -1.90. The normalized spacial score (nSPS) is 10.0. The maximum Gasteiger partial charge on any atom is 0.271 e. The lowest BCUT2D eigenvalue weighted by Crippen LogP contribution is -2.41. The number of hydrazine groups is 1. The minimum Gasteiger partial charge on any atom is -0.267 e. The van der Waals surface area contributed by atoms with Crippen molar-refractivity contribution in [3.05, 3.63) is 74.5 Å². The van der Waals surface area contributed by atoms with E-state index >= 15 is 0 Å². The lowest BCUT2D eigenvalue weighted by Gasteiger charge is -2.08. The molecule has 0 aliphatic rings. The van der Waals surface area contributed by atoms with E-state index in [4.69, 9.17) is 11.6 Å². The van der Waals surface area contributed by atoms with Gasteiger partial charge in [0.1, 0.15) is 5.82 Å². The Hall–Kier alpha value is -3.00. The maximum atomic E-state index is 12.8. The van der Waals surface area contributed by atoms with E-state index in [-0.39, 0.29) is 21.8 Å². The molecule has 2 amide bonds. The molecule has 2 aromatic rings. The Morgan fingerprint density at radius 2 is 1.65 bits per heavy atom. The average molecular weight is 338 g/mol. The van der Waals surface area contributed by atoms with Crippen LogP contribution in [0, 0.1) is 15.9 Å². The van der Waals surface area contributed by atoms with Crippen molar-refractivity contribution in [3.63, 3.8) is 0 Å². The third-order valence-electron chi connectivity index (χ3n) is 2.80. The van der Waals surface area contributed by atoms with Crippen molar-refractivity contribution in [1.82, 2.24) is 10.9 Å². The van der Waals surface area contributed by atoms with Gasteiger partial charge in [0, 0.05) is 17.7 Å². The summed E-state index contributed by atoms with van der Waals surface area (Å²) >= 11 is 5.80. The number of halogens is 2. The van der Waals surface area contributed by atoms with Crippen LogP contribution in [0.5, 0.6) is 0 Å². The van der Waals surface area contributed by atoms with Crippen LogP contribution in [0.4, 0.5) is 10.1 Å². The molecule has 2 rings (SSSR count). The van der Waals surface area contributed by atoms with Crippen LogP contribution < -0.4 is 10.9 Å². The van der Waals surface area contributed by atoms with Gasteiger partial charge < -0.3 is 0 Å². The lowest BCUT2D eigenvalue weighted by molar-refractivity contribution is -0.384. The molecule has 0 heterocycles. The molecule has 0 bridgehead atoms. The number of carbonyl (C=O) groups is 2. The van der Waals surface area contributed by atoms with E-state index < -0.39 is 22.6 Å². The molecule has 118 valence electrons. The van der Waals surface area contributed by atoms with Crippen LogP contribution in [0.25, 0.3) is 0 Å². The average Bonchev–Trinajstić information content (AvgIpc) is 2.52. The highest BCUT2D eigenvalue weighted by Gasteiger charge is 2.15. The molecule has 7 nitrogen and oxygen atoms in total. The standard InChI is InChI=1S/C14H9ClFN3O4/c15-12-7-10(19(22)23)5-6-11(12)14(21)18-17-13(20)8-1-3-9(16)4-2-8/h1-7H,(H,17,20)(H,18,21). The molecule has 9 heteroatoms. The lowest BCUT2D eigenvalue weighted by atomic mass is 10.2. The molecule has 2 N–H and O–H groups in total. The van der Waals surface area contributed by atoms with E-state index in [0.717, 1.165) is 24.3 Å². The van der Waals surface area contributed by atoms with Gasteiger partial charge in [-0.2, -0.15) is 0 Å². The summed E-state index contributed by atoms with van der Waals surface area (Å²) in [6.45, 7) is 0. The Bertz CT molecular complexity index is 780. The fraction of sp³-hybridized carbons (Fsp3) is 0. The summed E-state index contributed by atoms with van der Waals surface area (Å²) < 4.78 is 12.8. The number of nitro benzene ring substituents is 1. The van der Waals surface area contributed by atoms with Gasteiger partial charge in [0.05, 0.1) is 15.5 Å². The van der Waals surface area contributed by atoms with Gasteiger partial charge in [0.15, 0.2) is 0 Å². The third-order valence-corrected chi connectivity index (χ3v) is 3.12. The molecular weight excluding hydrogens is 329 g/mol. The summed E-state index contributed by atoms with van der Waals surface area (Å²) in [6, 6.07) is 8.00. The van der Waals surface area contributed by atoms with Crippen LogP contribution in [0.2, 0.25) is 5.02 Å². The van der Waals surface area contributed by atoms with Gasteiger partial charge in [-0.1, -0.05) is 11.6 Å². The molecule has 23 heavy (non-hydrogen) atoms. The van der Waals surface area contributed by atoms with E-state index in [1.54, 1.807) is 0 Å². The van der Waals surface area contributed by atoms with E-state index in [1.807, 2.05) is 0 Å². The van der Waals surface area contributed by atoms with Gasteiger partial charge in [-0.3, -0.25) is 30.6 Å². The summed E-state index contributed by atoms with van der Waals surface area (Å²) in [7, 11) is 0. The number of rotatable bonds is 3. The van der Waals surface area contributed by atoms with Crippen molar-refractivity contribution < 1.29 is 18.9 Å². The smallest absolute Gasteiger partial charge is 0.267 e. The highest BCUT2D eigenvalue weighted by Crippen LogP contribution is 2.22. The Morgan fingerprint density at radius 3 is 2.22 bits per heavy atom. The number of benzene rings is 2. The summed E-state index contributed by atoms with van der Waals surface area (Å²) in [4.78, 5) is 33.6. The number of nitrogens with zero attached hydrogens (tertiary/aromatic N) is 1. The Morgan fingerprint density at radius 1 is 1.04 bits per heavy atom. The van der Waals surface area contributed by atoms with Crippen LogP contribution in [-0.2, 0) is 0 Å². The van der Waals surface area contributed by atoms with E-state index in [9.17, 15) is 24.1 Å². The molecule has 0 unspecified atom stereocenters. The van der Waals surface area contributed by atoms with Crippen molar-refractivity contribution in [2.45, 2.75) is 0 Å². The molecule has 0 saturated heterocycles. The minimum atomic E-state index is -0.750. The predicted molar refractivity (Wildman–Crippen MR) is 79.4 cm³/mol. The molecule has 0 radical (unpaired) electrons. The number of amides is 2. The molecule has 0 fully saturated rings. The van der Waals surface area contributed by atoms with Gasteiger partial charge in [-0.25, -0.2) is 4.39 Å². The highest BCUT2D eigenvalue weighted by atomic mass is 35.5. The fourth-order valence-corrected chi connectivity index (χ4v) is 1.92. The third kappa shape index (κ3) is 4.01. The Kier molecular flexibility index (Phi) is 4.87. The fourth-order valence-electron chi connectivity index (χ4n) is 1.66. The van der Waals surface area contributed by atoms with E-state index in [1.165, 1.54) is 18.2 Å². The highest BCUT2D eigenvalue weighted by molar-refractivity contribution is 6.34. The molecule has 0 spiro atoms. The second kappa shape index (κ2) is 6.84. The van der Waals surface area contributed by atoms with Gasteiger partial charge in [-0.05, 0) is 30.3 Å². The van der Waals surface area contributed by atoms with Gasteiger partial charge in [-0.15, -0.1) is 0 Å². The second-order valence-corrected chi connectivity index (χ2v) is 4.74. The van der Waals surface area contributed by atoms with Crippen LogP contribution in [0.1, 0.15) is 20.7 Å². The van der Waals surface area contributed by atoms with Crippen LogP contribution >= 0.6 is 11.6 Å². The first-order valence-electron chi connectivity index (χ1n) is 6.18. The molecular formula is C14H9ClFN3O4. The molecule has 0 aromatic heterocycles. The minimum absolute atomic E-state index is 0.0447. The van der Waals surface area contributed by atoms with Gasteiger partial charge >= 0.3 is 0 Å². The zero-order valence-electron chi connectivity index (χ0n) is 11.4. The number of nitro groups is 1. The van der Waals surface area contributed by atoms with E-state index in [0.29, 0.717) is 0 Å². The monoisotopic (exact) mass is 337 g/mol. The number of hydrogen-bond donors (Lipinski definition) is 2. The second-order valence-electron chi connectivity index (χ2n) is 4.34. The number of nitrogens with one attached hydrogen (secondary N) is 2. The molecule has 0 aliphatic heterocycles. The summed E-state index contributed by atoms with van der Waals surface area (Å²) in [5, 5.41) is 10.5. The Labute approximate surface area is 134 Å².